The molecule has 0 saturated heterocycles. The van der Waals surface area contributed by atoms with Crippen LogP contribution in [-0.4, -0.2) is 39.9 Å². The Labute approximate surface area is 187 Å². The van der Waals surface area contributed by atoms with E-state index in [2.05, 4.69) is 40.2 Å². The molecule has 0 spiro atoms. The summed E-state index contributed by atoms with van der Waals surface area (Å²) in [6, 6.07) is 7.96. The third-order valence-corrected chi connectivity index (χ3v) is 5.86. The molecule has 32 heavy (non-hydrogen) atoms. The molecule has 3 aromatic rings. The van der Waals surface area contributed by atoms with Crippen molar-refractivity contribution in [2.24, 2.45) is 7.05 Å². The van der Waals surface area contributed by atoms with Gasteiger partial charge in [0.05, 0.1) is 23.5 Å². The molecule has 8 nitrogen and oxygen atoms in total. The average Bonchev–Trinajstić information content (AvgIpc) is 3.17. The number of nitrogens with one attached hydrogen (secondary N) is 2. The highest BCUT2D eigenvalue weighted by Crippen LogP contribution is 2.40. The molecule has 4 rings (SSSR count). The number of anilines is 1. The van der Waals surface area contributed by atoms with Crippen LogP contribution < -0.4 is 20.5 Å². The standard InChI is InChI=1S/C24H29N5O3/c1-14(2)29-8-9-32-22-18(11-17(12-21(22)29)20-6-7-26-28(20)5)23(30)25-13-19-15(3)10-16(4)27-24(19)31/h6-7,10-12,14H,8-9,13H2,1-5H3,(H,25,30)(H,27,31). The number of aromatic amines is 1. The van der Waals surface area contributed by atoms with E-state index in [0.29, 0.717) is 23.5 Å². The number of nitrogens with zero attached hydrogens (tertiary/aromatic N) is 3. The minimum absolute atomic E-state index is 0.138. The summed E-state index contributed by atoms with van der Waals surface area (Å²) in [7, 11) is 1.87. The van der Waals surface area contributed by atoms with Crippen molar-refractivity contribution in [2.45, 2.75) is 40.3 Å². The second kappa shape index (κ2) is 8.53. The molecule has 3 heterocycles. The summed E-state index contributed by atoms with van der Waals surface area (Å²) in [5.41, 5.74) is 5.13. The SMILES string of the molecule is Cc1cc(C)c(CNC(=O)c2cc(-c3ccnn3C)cc3c2OCCN3C(C)C)c(=O)[nH]1. The Hall–Kier alpha value is -3.55. The molecule has 2 N–H and O–H groups in total. The molecular weight excluding hydrogens is 406 g/mol. The van der Waals surface area contributed by atoms with E-state index in [0.717, 1.165) is 34.7 Å². The lowest BCUT2D eigenvalue weighted by Gasteiger charge is -2.35. The molecule has 1 aliphatic heterocycles. The fourth-order valence-electron chi connectivity index (χ4n) is 4.22. The summed E-state index contributed by atoms with van der Waals surface area (Å²) in [6.07, 6.45) is 1.73. The maximum absolute atomic E-state index is 13.3. The van der Waals surface area contributed by atoms with Gasteiger partial charge < -0.3 is 19.9 Å². The van der Waals surface area contributed by atoms with Crippen molar-refractivity contribution < 1.29 is 9.53 Å². The number of hydrogen-bond donors (Lipinski definition) is 2. The van der Waals surface area contributed by atoms with Gasteiger partial charge in [-0.25, -0.2) is 0 Å². The number of pyridine rings is 1. The van der Waals surface area contributed by atoms with E-state index < -0.39 is 0 Å². The van der Waals surface area contributed by atoms with E-state index in [-0.39, 0.29) is 24.1 Å². The van der Waals surface area contributed by atoms with Crippen LogP contribution in [0.2, 0.25) is 0 Å². The first kappa shape index (κ1) is 21.7. The summed E-state index contributed by atoms with van der Waals surface area (Å²) in [5.74, 6) is 0.290. The Kier molecular flexibility index (Phi) is 5.78. The van der Waals surface area contributed by atoms with E-state index in [9.17, 15) is 9.59 Å². The Bertz CT molecular complexity index is 1220. The minimum atomic E-state index is -0.282. The van der Waals surface area contributed by atoms with Gasteiger partial charge in [-0.1, -0.05) is 0 Å². The van der Waals surface area contributed by atoms with Crippen LogP contribution in [0.25, 0.3) is 11.3 Å². The number of carbonyl (C=O) groups is 1. The molecule has 0 radical (unpaired) electrons. The highest BCUT2D eigenvalue weighted by Gasteiger charge is 2.27. The van der Waals surface area contributed by atoms with Crippen molar-refractivity contribution in [2.75, 3.05) is 18.1 Å². The molecular formula is C24H29N5O3. The zero-order chi connectivity index (χ0) is 23.0. The lowest BCUT2D eigenvalue weighted by molar-refractivity contribution is 0.0946. The first-order chi connectivity index (χ1) is 15.3. The fraction of sp³-hybridized carbons (Fsp3) is 0.375. The third kappa shape index (κ3) is 4.00. The quantitative estimate of drug-likeness (QED) is 0.643. The van der Waals surface area contributed by atoms with Gasteiger partial charge in [0, 0.05) is 42.7 Å². The molecule has 0 aliphatic carbocycles. The van der Waals surface area contributed by atoms with Crippen molar-refractivity contribution in [3.05, 3.63) is 63.2 Å². The van der Waals surface area contributed by atoms with Crippen LogP contribution in [0.1, 0.15) is 41.0 Å². The Morgan fingerprint density at radius 3 is 2.72 bits per heavy atom. The zero-order valence-electron chi connectivity index (χ0n) is 19.2. The number of fused-ring (bicyclic) bond motifs is 1. The van der Waals surface area contributed by atoms with Crippen molar-refractivity contribution in [1.29, 1.82) is 0 Å². The maximum Gasteiger partial charge on any atom is 0.255 e. The van der Waals surface area contributed by atoms with Crippen LogP contribution in [0.4, 0.5) is 5.69 Å². The molecule has 0 atom stereocenters. The van der Waals surface area contributed by atoms with Gasteiger partial charge in [0.2, 0.25) is 0 Å². The number of aromatic nitrogens is 3. The highest BCUT2D eigenvalue weighted by molar-refractivity contribution is 6.00. The topological polar surface area (TPSA) is 92.2 Å². The van der Waals surface area contributed by atoms with Crippen LogP contribution in [0.15, 0.2) is 35.3 Å². The summed E-state index contributed by atoms with van der Waals surface area (Å²) in [5, 5.41) is 7.19. The van der Waals surface area contributed by atoms with E-state index in [1.165, 1.54) is 0 Å². The minimum Gasteiger partial charge on any atom is -0.489 e. The van der Waals surface area contributed by atoms with E-state index in [4.69, 9.17) is 4.74 Å². The molecule has 1 aromatic carbocycles. The Morgan fingerprint density at radius 2 is 2.06 bits per heavy atom. The predicted octanol–water partition coefficient (Wildman–Crippen LogP) is 2.93. The van der Waals surface area contributed by atoms with Gasteiger partial charge in [-0.05, 0) is 57.5 Å². The smallest absolute Gasteiger partial charge is 0.255 e. The second-order valence-corrected chi connectivity index (χ2v) is 8.47. The van der Waals surface area contributed by atoms with Crippen molar-refractivity contribution in [1.82, 2.24) is 20.1 Å². The fourth-order valence-corrected chi connectivity index (χ4v) is 4.22. The van der Waals surface area contributed by atoms with Crippen LogP contribution >= 0.6 is 0 Å². The van der Waals surface area contributed by atoms with Crippen molar-refractivity contribution in [3.63, 3.8) is 0 Å². The van der Waals surface area contributed by atoms with Gasteiger partial charge in [-0.2, -0.15) is 5.10 Å². The molecule has 0 saturated carbocycles. The Morgan fingerprint density at radius 1 is 1.28 bits per heavy atom. The van der Waals surface area contributed by atoms with Gasteiger partial charge in [-0.15, -0.1) is 0 Å². The van der Waals surface area contributed by atoms with E-state index >= 15 is 0 Å². The van der Waals surface area contributed by atoms with Crippen LogP contribution in [-0.2, 0) is 13.6 Å². The molecule has 1 aliphatic rings. The molecule has 1 amide bonds. The van der Waals surface area contributed by atoms with Gasteiger partial charge in [-0.3, -0.25) is 14.3 Å². The monoisotopic (exact) mass is 435 g/mol. The summed E-state index contributed by atoms with van der Waals surface area (Å²) in [4.78, 5) is 30.7. The lowest BCUT2D eigenvalue weighted by atomic mass is 10.0. The normalized spacial score (nSPS) is 13.1. The van der Waals surface area contributed by atoms with Crippen LogP contribution in [0.3, 0.4) is 0 Å². The number of aryl methyl sites for hydroxylation is 3. The highest BCUT2D eigenvalue weighted by atomic mass is 16.5. The van der Waals surface area contributed by atoms with Crippen molar-refractivity contribution >= 4 is 11.6 Å². The molecule has 2 aromatic heterocycles. The van der Waals surface area contributed by atoms with Gasteiger partial charge in [0.25, 0.3) is 11.5 Å². The number of H-pyrrole nitrogens is 1. The van der Waals surface area contributed by atoms with Crippen LogP contribution in [0, 0.1) is 13.8 Å². The largest absolute Gasteiger partial charge is 0.489 e. The van der Waals surface area contributed by atoms with Gasteiger partial charge in [0.15, 0.2) is 5.75 Å². The van der Waals surface area contributed by atoms with Crippen LogP contribution in [0.5, 0.6) is 5.75 Å². The number of hydrogen-bond acceptors (Lipinski definition) is 5. The summed E-state index contributed by atoms with van der Waals surface area (Å²) >= 11 is 0. The maximum atomic E-state index is 13.3. The summed E-state index contributed by atoms with van der Waals surface area (Å²) in [6.45, 7) is 9.35. The van der Waals surface area contributed by atoms with E-state index in [1.54, 1.807) is 10.9 Å². The number of amides is 1. The molecule has 0 fully saturated rings. The molecule has 0 unspecified atom stereocenters. The summed E-state index contributed by atoms with van der Waals surface area (Å²) < 4.78 is 7.76. The van der Waals surface area contributed by atoms with E-state index in [1.807, 2.05) is 39.1 Å². The first-order valence-electron chi connectivity index (χ1n) is 10.8. The number of ether oxygens (including phenoxy) is 1. The Balaban J connectivity index is 1.74. The molecule has 168 valence electrons. The van der Waals surface area contributed by atoms with Gasteiger partial charge >= 0.3 is 0 Å². The molecule has 0 bridgehead atoms. The van der Waals surface area contributed by atoms with Gasteiger partial charge in [0.1, 0.15) is 6.61 Å². The second-order valence-electron chi connectivity index (χ2n) is 8.47. The average molecular weight is 436 g/mol. The zero-order valence-corrected chi connectivity index (χ0v) is 19.2. The number of carbonyl (C=O) groups excluding carboxylic acids is 1. The van der Waals surface area contributed by atoms with Crippen molar-refractivity contribution in [3.8, 4) is 17.0 Å². The number of rotatable bonds is 5. The lowest BCUT2D eigenvalue weighted by Crippen LogP contribution is -2.39. The first-order valence-corrected chi connectivity index (χ1v) is 10.8. The molecule has 8 heteroatoms. The number of benzene rings is 1. The predicted molar refractivity (Wildman–Crippen MR) is 124 cm³/mol. The third-order valence-electron chi connectivity index (χ3n) is 5.86.